The van der Waals surface area contributed by atoms with Crippen LogP contribution in [0.4, 0.5) is 0 Å². The van der Waals surface area contributed by atoms with Crippen LogP contribution in [0, 0.1) is 20.8 Å². The van der Waals surface area contributed by atoms with E-state index in [1.807, 2.05) is 55.5 Å². The van der Waals surface area contributed by atoms with Gasteiger partial charge in [0.25, 0.3) is 0 Å². The lowest BCUT2D eigenvalue weighted by Crippen LogP contribution is -1.95. The summed E-state index contributed by atoms with van der Waals surface area (Å²) in [7, 11) is 0. The Hall–Kier alpha value is -4.00. The molecule has 0 saturated heterocycles. The zero-order chi connectivity index (χ0) is 20.8. The van der Waals surface area contributed by atoms with Gasteiger partial charge in [0.15, 0.2) is 11.5 Å². The zero-order valence-corrected chi connectivity index (χ0v) is 16.8. The first-order chi connectivity index (χ1) is 14.5. The van der Waals surface area contributed by atoms with E-state index in [2.05, 4.69) is 43.5 Å². The summed E-state index contributed by atoms with van der Waals surface area (Å²) in [6.45, 7) is 6.17. The third-order valence-corrected chi connectivity index (χ3v) is 5.53. The largest absolute Gasteiger partial charge is 0.439 e. The molecule has 0 unspecified atom stereocenters. The van der Waals surface area contributed by atoms with E-state index in [1.54, 1.807) is 0 Å². The van der Waals surface area contributed by atoms with Crippen molar-refractivity contribution in [2.24, 2.45) is 0 Å². The van der Waals surface area contributed by atoms with Gasteiger partial charge in [0.2, 0.25) is 0 Å². The molecule has 0 saturated carbocycles. The van der Waals surface area contributed by atoms with Crippen molar-refractivity contribution >= 4 is 11.2 Å². The predicted octanol–water partition coefficient (Wildman–Crippen LogP) is 4.56. The van der Waals surface area contributed by atoms with Gasteiger partial charge in [-0.15, -0.1) is 0 Å². The molecule has 0 amide bonds. The summed E-state index contributed by atoms with van der Waals surface area (Å²) < 4.78 is 4.66. The summed E-state index contributed by atoms with van der Waals surface area (Å²) >= 11 is 0. The molecule has 7 heteroatoms. The maximum absolute atomic E-state index is 11.4. The Labute approximate surface area is 171 Å². The first kappa shape index (κ1) is 18.1. The van der Waals surface area contributed by atoms with Crippen LogP contribution in [0.25, 0.3) is 45.1 Å². The van der Waals surface area contributed by atoms with Gasteiger partial charge in [-0.3, -0.25) is 9.51 Å². The molecule has 7 nitrogen and oxygen atoms in total. The van der Waals surface area contributed by atoms with Crippen LogP contribution in [0.2, 0.25) is 0 Å². The third kappa shape index (κ3) is 2.91. The fourth-order valence-corrected chi connectivity index (χ4v) is 3.64. The van der Waals surface area contributed by atoms with E-state index in [0.29, 0.717) is 5.82 Å². The van der Waals surface area contributed by atoms with Gasteiger partial charge in [-0.2, -0.15) is 0 Å². The molecule has 0 aliphatic carbocycles. The van der Waals surface area contributed by atoms with E-state index >= 15 is 0 Å². The molecule has 0 radical (unpaired) electrons. The van der Waals surface area contributed by atoms with Crippen LogP contribution in [-0.4, -0.2) is 25.1 Å². The Morgan fingerprint density at radius 2 is 1.47 bits per heavy atom. The second-order valence-electron chi connectivity index (χ2n) is 7.30. The van der Waals surface area contributed by atoms with E-state index in [0.717, 1.165) is 44.9 Å². The lowest BCUT2D eigenvalue weighted by Gasteiger charge is -2.07. The van der Waals surface area contributed by atoms with Crippen LogP contribution in [-0.2, 0) is 0 Å². The molecule has 5 aromatic rings. The van der Waals surface area contributed by atoms with Gasteiger partial charge in [0.05, 0.1) is 5.52 Å². The first-order valence-electron chi connectivity index (χ1n) is 9.61. The number of H-pyrrole nitrogens is 2. The van der Waals surface area contributed by atoms with Crippen LogP contribution in [0.3, 0.4) is 0 Å². The number of aryl methyl sites for hydroxylation is 2. The van der Waals surface area contributed by atoms with Crippen LogP contribution in [0.15, 0.2) is 57.8 Å². The molecule has 0 bridgehead atoms. The average Bonchev–Trinajstić information content (AvgIpc) is 3.39. The number of hydrogen-bond acceptors (Lipinski definition) is 5. The Kier molecular flexibility index (Phi) is 4.10. The van der Waals surface area contributed by atoms with E-state index in [-0.39, 0.29) is 0 Å². The fourth-order valence-electron chi connectivity index (χ4n) is 3.64. The second-order valence-corrected chi connectivity index (χ2v) is 7.30. The maximum Gasteiger partial charge on any atom is 0.439 e. The van der Waals surface area contributed by atoms with Crippen LogP contribution in [0.5, 0.6) is 0 Å². The minimum absolute atomic E-state index is 0.407. The molecule has 0 aliphatic heterocycles. The van der Waals surface area contributed by atoms with Crippen molar-refractivity contribution in [1.29, 1.82) is 0 Å². The molecule has 0 fully saturated rings. The van der Waals surface area contributed by atoms with Gasteiger partial charge in [0, 0.05) is 16.8 Å². The molecular formula is C23H19N5O2. The molecular weight excluding hydrogens is 378 g/mol. The highest BCUT2D eigenvalue weighted by atomic mass is 16.5. The number of rotatable bonds is 3. The number of imidazole rings is 1. The Morgan fingerprint density at radius 1 is 0.767 bits per heavy atom. The second kappa shape index (κ2) is 6.81. The maximum atomic E-state index is 11.4. The number of aromatic amines is 2. The molecule has 3 heterocycles. The van der Waals surface area contributed by atoms with E-state index < -0.39 is 5.76 Å². The zero-order valence-electron chi connectivity index (χ0n) is 16.8. The van der Waals surface area contributed by atoms with Gasteiger partial charge in [0.1, 0.15) is 5.82 Å². The van der Waals surface area contributed by atoms with Crippen LogP contribution < -0.4 is 5.76 Å². The monoisotopic (exact) mass is 397 g/mol. The van der Waals surface area contributed by atoms with Crippen molar-refractivity contribution in [3.05, 3.63) is 75.9 Å². The molecule has 0 atom stereocenters. The Morgan fingerprint density at radius 3 is 2.17 bits per heavy atom. The Balaban J connectivity index is 1.56. The average molecular weight is 397 g/mol. The van der Waals surface area contributed by atoms with Crippen molar-refractivity contribution in [3.8, 4) is 33.9 Å². The molecule has 2 aromatic carbocycles. The lowest BCUT2D eigenvalue weighted by atomic mass is 9.98. The number of hydrogen-bond donors (Lipinski definition) is 2. The Bertz CT molecular complexity index is 1440. The molecule has 0 aliphatic rings. The van der Waals surface area contributed by atoms with Crippen LogP contribution in [0.1, 0.15) is 16.8 Å². The molecule has 2 N–H and O–H groups in total. The summed E-state index contributed by atoms with van der Waals surface area (Å²) in [6.07, 6.45) is 0. The van der Waals surface area contributed by atoms with E-state index in [4.69, 9.17) is 0 Å². The number of aromatic nitrogens is 5. The number of fused-ring (bicyclic) bond motifs is 1. The summed E-state index contributed by atoms with van der Waals surface area (Å²) in [5.41, 5.74) is 8.75. The predicted molar refractivity (Wildman–Crippen MR) is 115 cm³/mol. The quantitative estimate of drug-likeness (QED) is 0.465. The highest BCUT2D eigenvalue weighted by molar-refractivity contribution is 5.83. The highest BCUT2D eigenvalue weighted by Gasteiger charge is 2.14. The summed E-state index contributed by atoms with van der Waals surface area (Å²) in [5, 5.41) is 3.82. The van der Waals surface area contributed by atoms with Gasteiger partial charge in [-0.1, -0.05) is 53.7 Å². The minimum Gasteiger partial charge on any atom is -0.336 e. The van der Waals surface area contributed by atoms with Crippen molar-refractivity contribution < 1.29 is 4.52 Å². The van der Waals surface area contributed by atoms with Crippen molar-refractivity contribution in [2.45, 2.75) is 20.8 Å². The van der Waals surface area contributed by atoms with Gasteiger partial charge in [-0.05, 0) is 43.0 Å². The van der Waals surface area contributed by atoms with Gasteiger partial charge >= 0.3 is 5.76 Å². The van der Waals surface area contributed by atoms with Crippen molar-refractivity contribution in [3.63, 3.8) is 0 Å². The summed E-state index contributed by atoms with van der Waals surface area (Å²) in [4.78, 5) is 26.7. The first-order valence-corrected chi connectivity index (χ1v) is 9.61. The summed E-state index contributed by atoms with van der Waals surface area (Å²) in [6, 6.07) is 15.8. The van der Waals surface area contributed by atoms with Crippen molar-refractivity contribution in [2.75, 3.05) is 0 Å². The summed E-state index contributed by atoms with van der Waals surface area (Å²) in [5.74, 6) is 0.616. The number of nitrogens with one attached hydrogen (secondary N) is 2. The fraction of sp³-hybridized carbons (Fsp3) is 0.130. The topological polar surface area (TPSA) is 100 Å². The number of pyridine rings is 1. The molecule has 3 aromatic heterocycles. The SMILES string of the molecule is Cc1nc2nc(-c3ccc(-c4ccccc4-c4noc(=O)[nH]4)cc3)[nH]c2c(C)c1C. The van der Waals surface area contributed by atoms with Crippen molar-refractivity contribution in [1.82, 2.24) is 25.1 Å². The molecule has 30 heavy (non-hydrogen) atoms. The molecule has 0 spiro atoms. The van der Waals surface area contributed by atoms with Crippen LogP contribution >= 0.6 is 0 Å². The molecule has 148 valence electrons. The lowest BCUT2D eigenvalue weighted by molar-refractivity contribution is 0.388. The highest BCUT2D eigenvalue weighted by Crippen LogP contribution is 2.31. The van der Waals surface area contributed by atoms with E-state index in [1.165, 1.54) is 11.1 Å². The number of nitrogens with zero attached hydrogens (tertiary/aromatic N) is 3. The smallest absolute Gasteiger partial charge is 0.336 e. The minimum atomic E-state index is -0.575. The van der Waals surface area contributed by atoms with Gasteiger partial charge < -0.3 is 4.98 Å². The van der Waals surface area contributed by atoms with E-state index in [9.17, 15) is 4.79 Å². The normalized spacial score (nSPS) is 11.3. The molecule has 5 rings (SSSR count). The number of benzene rings is 2. The van der Waals surface area contributed by atoms with Gasteiger partial charge in [-0.25, -0.2) is 14.8 Å². The standard InChI is InChI=1S/C23H19N5O2/c1-12-13(2)19-22(24-14(12)3)26-20(25-19)16-10-8-15(9-11-16)17-6-4-5-7-18(17)21-27-23(29)30-28-21/h4-11H,1-3H3,(H,24,25,26)(H,27,28,29). The third-order valence-electron chi connectivity index (χ3n) is 5.53.